The molecule has 2 aromatic rings. The van der Waals surface area contributed by atoms with E-state index in [-0.39, 0.29) is 5.97 Å². The molecule has 0 saturated heterocycles. The molecule has 2 rings (SSSR count). The summed E-state index contributed by atoms with van der Waals surface area (Å²) in [4.78, 5) is 11.4. The van der Waals surface area contributed by atoms with Gasteiger partial charge in [0.25, 0.3) is 0 Å². The highest BCUT2D eigenvalue weighted by Crippen LogP contribution is 2.17. The maximum atomic E-state index is 11.4. The molecule has 0 saturated carbocycles. The Balaban J connectivity index is 2.05. The number of hydrogen-bond acceptors (Lipinski definition) is 4. The number of rotatable bonds is 10. The van der Waals surface area contributed by atoms with Crippen LogP contribution in [0.1, 0.15) is 25.0 Å². The Labute approximate surface area is 155 Å². The summed E-state index contributed by atoms with van der Waals surface area (Å²) in [7, 11) is 0. The van der Waals surface area contributed by atoms with E-state index in [9.17, 15) is 4.79 Å². The molecule has 138 valence electrons. The lowest BCUT2D eigenvalue weighted by Crippen LogP contribution is -2.40. The molecule has 0 radical (unpaired) electrons. The highest BCUT2D eigenvalue weighted by atomic mass is 16.6. The highest BCUT2D eigenvalue weighted by Gasteiger charge is 2.29. The van der Waals surface area contributed by atoms with Crippen molar-refractivity contribution in [1.82, 2.24) is 0 Å². The van der Waals surface area contributed by atoms with E-state index in [1.165, 1.54) is 6.92 Å². The first-order valence-corrected chi connectivity index (χ1v) is 8.71. The molecule has 0 spiro atoms. The van der Waals surface area contributed by atoms with Crippen LogP contribution in [0.2, 0.25) is 0 Å². The average Bonchev–Trinajstić information content (AvgIpc) is 2.65. The minimum Gasteiger partial charge on any atom is -0.460 e. The number of carbonyl (C=O) groups excluding carboxylic acids is 1. The number of hydrogen-bond donors (Lipinski definition) is 0. The molecule has 0 fully saturated rings. The molecule has 0 amide bonds. The van der Waals surface area contributed by atoms with Crippen molar-refractivity contribution in [2.24, 2.45) is 0 Å². The summed E-state index contributed by atoms with van der Waals surface area (Å²) in [6.07, 6.45) is 0.363. The van der Waals surface area contributed by atoms with Crippen molar-refractivity contribution in [3.63, 3.8) is 0 Å². The average molecular weight is 354 g/mol. The van der Waals surface area contributed by atoms with Crippen molar-refractivity contribution in [3.8, 4) is 0 Å². The predicted octanol–water partition coefficient (Wildman–Crippen LogP) is 4.29. The smallest absolute Gasteiger partial charge is 0.302 e. The molecule has 0 aromatic heterocycles. The Morgan fingerprint density at radius 1 is 0.962 bits per heavy atom. The Hall–Kier alpha value is -2.43. The first kappa shape index (κ1) is 19.9. The number of esters is 1. The summed E-state index contributed by atoms with van der Waals surface area (Å²) in [5, 5.41) is 0. The maximum Gasteiger partial charge on any atom is 0.302 e. The minimum atomic E-state index is -0.463. The van der Waals surface area contributed by atoms with Crippen LogP contribution in [-0.4, -0.2) is 24.3 Å². The van der Waals surface area contributed by atoms with Gasteiger partial charge >= 0.3 is 5.97 Å². The molecule has 0 aliphatic carbocycles. The second-order valence-electron chi connectivity index (χ2n) is 6.07. The van der Waals surface area contributed by atoms with Crippen LogP contribution in [0.25, 0.3) is 0 Å². The number of benzene rings is 2. The van der Waals surface area contributed by atoms with E-state index in [1.54, 1.807) is 13.0 Å². The highest BCUT2D eigenvalue weighted by molar-refractivity contribution is 5.66. The molecule has 4 heteroatoms. The summed E-state index contributed by atoms with van der Waals surface area (Å²) < 4.78 is 17.4. The van der Waals surface area contributed by atoms with Crippen LogP contribution >= 0.6 is 0 Å². The van der Waals surface area contributed by atoms with Crippen molar-refractivity contribution >= 4 is 5.97 Å². The minimum absolute atomic E-state index is 0.350. The molecule has 3 atom stereocenters. The molecule has 0 N–H and O–H groups in total. The Kier molecular flexibility index (Phi) is 8.06. The SMILES string of the molecule is C=CC(OCc1ccccc1)C(OCc1ccccc1)C(C)OC(C)=O. The lowest BCUT2D eigenvalue weighted by atomic mass is 10.1. The van der Waals surface area contributed by atoms with E-state index in [4.69, 9.17) is 14.2 Å². The second kappa shape index (κ2) is 10.5. The molecule has 0 bridgehead atoms. The lowest BCUT2D eigenvalue weighted by molar-refractivity contribution is -0.163. The van der Waals surface area contributed by atoms with E-state index >= 15 is 0 Å². The first-order chi connectivity index (χ1) is 12.6. The molecule has 0 heterocycles. The molecule has 4 nitrogen and oxygen atoms in total. The first-order valence-electron chi connectivity index (χ1n) is 8.71. The molecule has 0 aliphatic heterocycles. The topological polar surface area (TPSA) is 44.8 Å². The molecule has 3 unspecified atom stereocenters. The van der Waals surface area contributed by atoms with E-state index in [1.807, 2.05) is 60.7 Å². The van der Waals surface area contributed by atoms with Gasteiger partial charge in [0, 0.05) is 6.92 Å². The van der Waals surface area contributed by atoms with Gasteiger partial charge in [0.1, 0.15) is 18.3 Å². The zero-order valence-corrected chi connectivity index (χ0v) is 15.3. The standard InChI is InChI=1S/C22H26O4/c1-4-21(24-15-19-11-7-5-8-12-19)22(17(2)26-18(3)23)25-16-20-13-9-6-10-14-20/h4-14,17,21-22H,1,15-16H2,2-3H3. The van der Waals surface area contributed by atoms with Crippen molar-refractivity contribution in [2.75, 3.05) is 0 Å². The van der Waals surface area contributed by atoms with E-state index in [2.05, 4.69) is 6.58 Å². The Morgan fingerprint density at radius 3 is 1.92 bits per heavy atom. The monoisotopic (exact) mass is 354 g/mol. The van der Waals surface area contributed by atoms with Gasteiger partial charge in [-0.25, -0.2) is 0 Å². The van der Waals surface area contributed by atoms with Gasteiger partial charge < -0.3 is 14.2 Å². The van der Waals surface area contributed by atoms with Crippen LogP contribution < -0.4 is 0 Å². The van der Waals surface area contributed by atoms with Crippen molar-refractivity contribution in [1.29, 1.82) is 0 Å². The lowest BCUT2D eigenvalue weighted by Gasteiger charge is -2.29. The molecule has 26 heavy (non-hydrogen) atoms. The fraction of sp³-hybridized carbons (Fsp3) is 0.318. The van der Waals surface area contributed by atoms with Gasteiger partial charge in [-0.05, 0) is 18.1 Å². The van der Waals surface area contributed by atoms with E-state index in [0.29, 0.717) is 13.2 Å². The van der Waals surface area contributed by atoms with Crippen LogP contribution in [0.15, 0.2) is 73.3 Å². The summed E-state index contributed by atoms with van der Waals surface area (Å²) in [5.74, 6) is -0.350. The number of ether oxygens (including phenoxy) is 3. The van der Waals surface area contributed by atoms with Gasteiger partial charge in [0.15, 0.2) is 0 Å². The van der Waals surface area contributed by atoms with Crippen LogP contribution in [0.4, 0.5) is 0 Å². The fourth-order valence-electron chi connectivity index (χ4n) is 2.66. The van der Waals surface area contributed by atoms with Gasteiger partial charge in [-0.2, -0.15) is 0 Å². The Bertz CT molecular complexity index is 669. The van der Waals surface area contributed by atoms with Crippen molar-refractivity contribution in [3.05, 3.63) is 84.4 Å². The van der Waals surface area contributed by atoms with E-state index < -0.39 is 18.3 Å². The second-order valence-corrected chi connectivity index (χ2v) is 6.07. The third-order valence-corrected chi connectivity index (χ3v) is 3.94. The van der Waals surface area contributed by atoms with Gasteiger partial charge in [0.2, 0.25) is 0 Å². The molecule has 2 aromatic carbocycles. The quantitative estimate of drug-likeness (QED) is 0.471. The zero-order valence-electron chi connectivity index (χ0n) is 15.3. The predicted molar refractivity (Wildman–Crippen MR) is 101 cm³/mol. The van der Waals surface area contributed by atoms with Gasteiger partial charge in [-0.1, -0.05) is 66.7 Å². The van der Waals surface area contributed by atoms with Crippen LogP contribution in [0.5, 0.6) is 0 Å². The summed E-state index contributed by atoms with van der Waals surface area (Å²) in [5.41, 5.74) is 2.10. The normalized spacial score (nSPS) is 14.2. The fourth-order valence-corrected chi connectivity index (χ4v) is 2.66. The molecular weight excluding hydrogens is 328 g/mol. The third kappa shape index (κ3) is 6.47. The third-order valence-electron chi connectivity index (χ3n) is 3.94. The van der Waals surface area contributed by atoms with E-state index in [0.717, 1.165) is 11.1 Å². The van der Waals surface area contributed by atoms with Gasteiger partial charge in [-0.3, -0.25) is 4.79 Å². The van der Waals surface area contributed by atoms with Crippen LogP contribution in [-0.2, 0) is 32.2 Å². The summed E-state index contributed by atoms with van der Waals surface area (Å²) >= 11 is 0. The van der Waals surface area contributed by atoms with Gasteiger partial charge in [-0.15, -0.1) is 6.58 Å². The van der Waals surface area contributed by atoms with Crippen molar-refractivity contribution < 1.29 is 19.0 Å². The van der Waals surface area contributed by atoms with Gasteiger partial charge in [0.05, 0.1) is 13.2 Å². The Morgan fingerprint density at radius 2 is 1.46 bits per heavy atom. The molecular formula is C22H26O4. The summed E-state index contributed by atoms with van der Waals surface area (Å²) in [6.45, 7) is 7.88. The zero-order chi connectivity index (χ0) is 18.8. The number of carbonyl (C=O) groups is 1. The largest absolute Gasteiger partial charge is 0.460 e. The van der Waals surface area contributed by atoms with Crippen molar-refractivity contribution in [2.45, 2.75) is 45.4 Å². The maximum absolute atomic E-state index is 11.4. The molecule has 0 aliphatic rings. The van der Waals surface area contributed by atoms with Crippen LogP contribution in [0.3, 0.4) is 0 Å². The van der Waals surface area contributed by atoms with Crippen LogP contribution in [0, 0.1) is 0 Å². The summed E-state index contributed by atoms with van der Waals surface area (Å²) in [6, 6.07) is 19.7.